The van der Waals surface area contributed by atoms with Crippen molar-refractivity contribution in [2.24, 2.45) is 5.10 Å². The van der Waals surface area contributed by atoms with Crippen LogP contribution in [0.25, 0.3) is 0 Å². The topological polar surface area (TPSA) is 118 Å². The van der Waals surface area contributed by atoms with Crippen LogP contribution in [-0.4, -0.2) is 37.1 Å². The van der Waals surface area contributed by atoms with E-state index >= 15 is 0 Å². The zero-order chi connectivity index (χ0) is 27.7. The van der Waals surface area contributed by atoms with E-state index in [-0.39, 0.29) is 6.61 Å². The van der Waals surface area contributed by atoms with E-state index in [1.165, 1.54) is 12.3 Å². The molecule has 0 bridgehead atoms. The van der Waals surface area contributed by atoms with Gasteiger partial charge in [-0.25, -0.2) is 5.43 Å². The van der Waals surface area contributed by atoms with E-state index in [1.807, 2.05) is 22.6 Å². The van der Waals surface area contributed by atoms with Crippen LogP contribution in [0.4, 0.5) is 11.4 Å². The maximum Gasteiger partial charge on any atom is 0.329 e. The third-order valence-electron chi connectivity index (χ3n) is 4.49. The van der Waals surface area contributed by atoms with E-state index in [0.717, 1.165) is 0 Å². The van der Waals surface area contributed by atoms with E-state index in [1.54, 1.807) is 55.5 Å². The van der Waals surface area contributed by atoms with E-state index in [0.29, 0.717) is 53.7 Å². The number of hydrogen-bond acceptors (Lipinski definition) is 6. The van der Waals surface area contributed by atoms with Gasteiger partial charge in [0.15, 0.2) is 18.1 Å². The van der Waals surface area contributed by atoms with Gasteiger partial charge >= 0.3 is 11.8 Å². The third kappa shape index (κ3) is 9.05. The minimum Gasteiger partial charge on any atom is -0.490 e. The quantitative estimate of drug-likeness (QED) is 0.114. The Morgan fingerprint density at radius 1 is 0.895 bits per heavy atom. The van der Waals surface area contributed by atoms with Crippen LogP contribution in [0.1, 0.15) is 12.5 Å². The average Bonchev–Trinajstić information content (AvgIpc) is 2.83. The van der Waals surface area contributed by atoms with Gasteiger partial charge in [-0.05, 0) is 83.6 Å². The molecule has 38 heavy (non-hydrogen) atoms. The second-order valence-electron chi connectivity index (χ2n) is 7.42. The van der Waals surface area contributed by atoms with Gasteiger partial charge in [0.2, 0.25) is 0 Å². The molecular formula is C25H20Cl3IN4O5. The largest absolute Gasteiger partial charge is 0.490 e. The van der Waals surface area contributed by atoms with Gasteiger partial charge in [0.05, 0.1) is 16.4 Å². The highest BCUT2D eigenvalue weighted by atomic mass is 127. The van der Waals surface area contributed by atoms with Crippen molar-refractivity contribution in [3.63, 3.8) is 0 Å². The first kappa shape index (κ1) is 29.5. The summed E-state index contributed by atoms with van der Waals surface area (Å²) >= 11 is 19.8. The second-order valence-corrected chi connectivity index (χ2v) is 9.89. The highest BCUT2D eigenvalue weighted by Gasteiger charge is 2.15. The molecule has 0 radical (unpaired) electrons. The summed E-state index contributed by atoms with van der Waals surface area (Å²) in [6.07, 6.45) is 1.34. The van der Waals surface area contributed by atoms with Crippen molar-refractivity contribution in [3.05, 3.63) is 78.8 Å². The monoisotopic (exact) mass is 688 g/mol. The second kappa shape index (κ2) is 14.2. The summed E-state index contributed by atoms with van der Waals surface area (Å²) in [6, 6.07) is 14.4. The van der Waals surface area contributed by atoms with Crippen molar-refractivity contribution in [1.82, 2.24) is 5.43 Å². The van der Waals surface area contributed by atoms with Crippen LogP contribution in [0.3, 0.4) is 0 Å². The zero-order valence-electron chi connectivity index (χ0n) is 19.7. The minimum atomic E-state index is -0.965. The molecule has 0 aliphatic heterocycles. The number of amides is 3. The Bertz CT molecular complexity index is 1370. The van der Waals surface area contributed by atoms with Crippen molar-refractivity contribution in [2.75, 3.05) is 23.8 Å². The van der Waals surface area contributed by atoms with Crippen molar-refractivity contribution >= 4 is 92.7 Å². The molecule has 0 heterocycles. The first-order valence-electron chi connectivity index (χ1n) is 10.9. The van der Waals surface area contributed by atoms with Crippen molar-refractivity contribution < 1.29 is 23.9 Å². The SMILES string of the molecule is CCOc1cc(/C=N\NC(=O)C(=O)Nc2cccc(Cl)c2)cc(I)c1OCC(=O)Nc1cc(Cl)cc(Cl)c1. The molecule has 0 saturated carbocycles. The maximum absolute atomic E-state index is 12.4. The molecule has 0 aromatic heterocycles. The molecule has 3 aromatic rings. The molecule has 0 aliphatic rings. The molecule has 0 atom stereocenters. The van der Waals surface area contributed by atoms with Crippen LogP contribution >= 0.6 is 57.4 Å². The fraction of sp³-hybridized carbons (Fsp3) is 0.120. The Kier molecular flexibility index (Phi) is 11.0. The molecule has 0 unspecified atom stereocenters. The molecule has 3 rings (SSSR count). The number of hydrazone groups is 1. The van der Waals surface area contributed by atoms with Crippen molar-refractivity contribution in [3.8, 4) is 11.5 Å². The van der Waals surface area contributed by atoms with Gasteiger partial charge in [-0.2, -0.15) is 5.10 Å². The lowest BCUT2D eigenvalue weighted by atomic mass is 10.2. The molecule has 3 aromatic carbocycles. The number of anilines is 2. The van der Waals surface area contributed by atoms with Crippen LogP contribution < -0.4 is 25.5 Å². The molecule has 3 N–H and O–H groups in total. The normalized spacial score (nSPS) is 10.7. The Morgan fingerprint density at radius 3 is 2.29 bits per heavy atom. The molecule has 9 nitrogen and oxygen atoms in total. The lowest BCUT2D eigenvalue weighted by molar-refractivity contribution is -0.136. The third-order valence-corrected chi connectivity index (χ3v) is 5.97. The van der Waals surface area contributed by atoms with Crippen LogP contribution in [-0.2, 0) is 14.4 Å². The van der Waals surface area contributed by atoms with Crippen molar-refractivity contribution in [2.45, 2.75) is 6.92 Å². The predicted octanol–water partition coefficient (Wildman–Crippen LogP) is 5.76. The lowest BCUT2D eigenvalue weighted by Gasteiger charge is -2.14. The number of carbonyl (C=O) groups excluding carboxylic acids is 3. The molecule has 13 heteroatoms. The number of halogens is 4. The van der Waals surface area contributed by atoms with Crippen LogP contribution in [0, 0.1) is 3.57 Å². The Labute approximate surface area is 246 Å². The number of hydrogen-bond donors (Lipinski definition) is 3. The summed E-state index contributed by atoms with van der Waals surface area (Å²) in [7, 11) is 0. The number of ether oxygens (including phenoxy) is 2. The first-order valence-corrected chi connectivity index (χ1v) is 13.1. The van der Waals surface area contributed by atoms with E-state index in [2.05, 4.69) is 21.2 Å². The van der Waals surface area contributed by atoms with Gasteiger partial charge in [0.25, 0.3) is 5.91 Å². The number of nitrogens with one attached hydrogen (secondary N) is 3. The summed E-state index contributed by atoms with van der Waals surface area (Å²) in [5.41, 5.74) is 3.53. The Balaban J connectivity index is 1.62. The molecule has 0 spiro atoms. The van der Waals surface area contributed by atoms with Gasteiger partial charge in [-0.15, -0.1) is 0 Å². The molecule has 198 valence electrons. The van der Waals surface area contributed by atoms with Crippen LogP contribution in [0.2, 0.25) is 15.1 Å². The van der Waals surface area contributed by atoms with E-state index < -0.39 is 17.7 Å². The van der Waals surface area contributed by atoms with Gasteiger partial charge in [-0.1, -0.05) is 40.9 Å². The number of carbonyl (C=O) groups is 3. The summed E-state index contributed by atoms with van der Waals surface area (Å²) in [4.78, 5) is 36.5. The smallest absolute Gasteiger partial charge is 0.329 e. The van der Waals surface area contributed by atoms with Crippen LogP contribution in [0.15, 0.2) is 59.7 Å². The highest BCUT2D eigenvalue weighted by Crippen LogP contribution is 2.34. The highest BCUT2D eigenvalue weighted by molar-refractivity contribution is 14.1. The standard InChI is InChI=1S/C25H20Cl3IN4O5/c1-2-37-21-7-14(12-30-33-25(36)24(35)32-18-5-3-4-15(26)9-18)6-20(29)23(21)38-13-22(34)31-19-10-16(27)8-17(28)11-19/h3-12H,2,13H2,1H3,(H,31,34)(H,32,35)(H,33,36)/b30-12-. The molecule has 3 amide bonds. The lowest BCUT2D eigenvalue weighted by Crippen LogP contribution is -2.32. The molecule has 0 aliphatic carbocycles. The maximum atomic E-state index is 12.4. The van der Waals surface area contributed by atoms with Gasteiger partial charge in [0, 0.05) is 26.4 Å². The summed E-state index contributed by atoms with van der Waals surface area (Å²) < 4.78 is 12.0. The Hall–Kier alpha value is -3.06. The van der Waals surface area contributed by atoms with E-state index in [4.69, 9.17) is 44.3 Å². The fourth-order valence-corrected chi connectivity index (χ4v) is 4.49. The predicted molar refractivity (Wildman–Crippen MR) is 157 cm³/mol. The van der Waals surface area contributed by atoms with E-state index in [9.17, 15) is 14.4 Å². The summed E-state index contributed by atoms with van der Waals surface area (Å²) in [5, 5.41) is 10.1. The van der Waals surface area contributed by atoms with Gasteiger partial charge in [0.1, 0.15) is 0 Å². The molecule has 0 fully saturated rings. The zero-order valence-corrected chi connectivity index (χ0v) is 24.1. The average molecular weight is 690 g/mol. The van der Waals surface area contributed by atoms with Crippen molar-refractivity contribution in [1.29, 1.82) is 0 Å². The Morgan fingerprint density at radius 2 is 1.61 bits per heavy atom. The fourth-order valence-electron chi connectivity index (χ4n) is 3.00. The molecular weight excluding hydrogens is 670 g/mol. The number of nitrogens with zero attached hydrogens (tertiary/aromatic N) is 1. The first-order chi connectivity index (χ1) is 18.1. The summed E-state index contributed by atoms with van der Waals surface area (Å²) in [5.74, 6) is -1.58. The van der Waals surface area contributed by atoms with Gasteiger partial charge < -0.3 is 20.1 Å². The minimum absolute atomic E-state index is 0.300. The molecule has 0 saturated heterocycles. The number of benzene rings is 3. The summed E-state index contributed by atoms with van der Waals surface area (Å²) in [6.45, 7) is 1.83. The van der Waals surface area contributed by atoms with Crippen LogP contribution in [0.5, 0.6) is 11.5 Å². The number of rotatable bonds is 9. The van der Waals surface area contributed by atoms with Gasteiger partial charge in [-0.3, -0.25) is 14.4 Å².